The Morgan fingerprint density at radius 3 is 2.32 bits per heavy atom. The molecule has 1 fully saturated rings. The van der Waals surface area contributed by atoms with E-state index in [-0.39, 0.29) is 12.7 Å². The van der Waals surface area contributed by atoms with E-state index in [4.69, 9.17) is 9.47 Å². The number of ether oxygens (including phenoxy) is 2. The Hall–Kier alpha value is -2.05. The van der Waals surface area contributed by atoms with Crippen molar-refractivity contribution in [2.24, 2.45) is 5.92 Å². The van der Waals surface area contributed by atoms with E-state index < -0.39 is 5.60 Å². The predicted octanol–water partition coefficient (Wildman–Crippen LogP) is 6.31. The van der Waals surface area contributed by atoms with Gasteiger partial charge in [0, 0.05) is 13.1 Å². The molecule has 168 valence electrons. The fourth-order valence-corrected chi connectivity index (χ4v) is 4.19. The zero-order valence-electron chi connectivity index (χ0n) is 18.6. The zero-order valence-corrected chi connectivity index (χ0v) is 20.2. The summed E-state index contributed by atoms with van der Waals surface area (Å²) in [5, 5.41) is 9.21. The van der Waals surface area contributed by atoms with Gasteiger partial charge in [-0.15, -0.1) is 0 Å². The fourth-order valence-electron chi connectivity index (χ4n) is 3.68. The standard InChI is InChI=1S/C25H32BrNO4/c1-25(2,3)31-24(29)27-14-12-19(13-15-27)5-4-18-6-9-21(10-7-18)30-23-11-8-20(17-28)16-22(23)26/h6-11,16,19,28H,4-5,12-15,17H2,1-3H3. The van der Waals surface area contributed by atoms with Gasteiger partial charge in [0.1, 0.15) is 17.1 Å². The lowest BCUT2D eigenvalue weighted by molar-refractivity contribution is 0.0181. The number of rotatable bonds is 6. The lowest BCUT2D eigenvalue weighted by Crippen LogP contribution is -2.41. The van der Waals surface area contributed by atoms with Crippen molar-refractivity contribution in [3.05, 3.63) is 58.1 Å². The minimum atomic E-state index is -0.442. The molecule has 0 radical (unpaired) electrons. The highest BCUT2D eigenvalue weighted by Crippen LogP contribution is 2.31. The molecule has 1 N–H and O–H groups in total. The van der Waals surface area contributed by atoms with E-state index in [1.165, 1.54) is 5.56 Å². The molecule has 0 saturated carbocycles. The summed E-state index contributed by atoms with van der Waals surface area (Å²) in [6.45, 7) is 7.26. The van der Waals surface area contributed by atoms with Crippen LogP contribution in [0.3, 0.4) is 0 Å². The molecule has 5 nitrogen and oxygen atoms in total. The molecule has 31 heavy (non-hydrogen) atoms. The van der Waals surface area contributed by atoms with Crippen LogP contribution in [0.4, 0.5) is 4.79 Å². The Bertz CT molecular complexity index is 868. The average molecular weight is 490 g/mol. The van der Waals surface area contributed by atoms with Crippen molar-refractivity contribution in [1.29, 1.82) is 0 Å². The molecule has 1 heterocycles. The SMILES string of the molecule is CC(C)(C)OC(=O)N1CCC(CCc2ccc(Oc3ccc(CO)cc3Br)cc2)CC1. The number of aliphatic hydroxyl groups excluding tert-OH is 1. The van der Waals surface area contributed by atoms with E-state index in [9.17, 15) is 9.90 Å². The largest absolute Gasteiger partial charge is 0.456 e. The monoisotopic (exact) mass is 489 g/mol. The van der Waals surface area contributed by atoms with Gasteiger partial charge in [-0.2, -0.15) is 0 Å². The normalized spacial score (nSPS) is 15.1. The van der Waals surface area contributed by atoms with Crippen molar-refractivity contribution in [2.45, 2.75) is 58.7 Å². The number of halogens is 1. The first-order valence-corrected chi connectivity index (χ1v) is 11.7. The third kappa shape index (κ3) is 7.25. The van der Waals surface area contributed by atoms with Gasteiger partial charge < -0.3 is 19.5 Å². The predicted molar refractivity (Wildman–Crippen MR) is 125 cm³/mol. The maximum absolute atomic E-state index is 12.2. The van der Waals surface area contributed by atoms with Crippen LogP contribution < -0.4 is 4.74 Å². The van der Waals surface area contributed by atoms with Crippen LogP contribution in [0.5, 0.6) is 11.5 Å². The molecule has 1 aliphatic heterocycles. The third-order valence-corrected chi connectivity index (χ3v) is 6.06. The molecule has 0 atom stereocenters. The van der Waals surface area contributed by atoms with Crippen LogP contribution in [-0.2, 0) is 17.8 Å². The van der Waals surface area contributed by atoms with Crippen molar-refractivity contribution in [3.63, 3.8) is 0 Å². The summed E-state index contributed by atoms with van der Waals surface area (Å²) in [5.74, 6) is 2.14. The minimum absolute atomic E-state index is 0.00755. The minimum Gasteiger partial charge on any atom is -0.456 e. The lowest BCUT2D eigenvalue weighted by atomic mass is 9.90. The number of aryl methyl sites for hydroxylation is 1. The molecule has 0 unspecified atom stereocenters. The molecule has 0 aliphatic carbocycles. The molecule has 3 rings (SSSR count). The number of nitrogens with zero attached hydrogens (tertiary/aromatic N) is 1. The van der Waals surface area contributed by atoms with Crippen molar-refractivity contribution >= 4 is 22.0 Å². The lowest BCUT2D eigenvalue weighted by Gasteiger charge is -2.33. The molecule has 6 heteroatoms. The maximum atomic E-state index is 12.2. The number of hydrogen-bond donors (Lipinski definition) is 1. The number of aliphatic hydroxyl groups is 1. The second-order valence-electron chi connectivity index (χ2n) is 9.12. The second-order valence-corrected chi connectivity index (χ2v) is 9.97. The number of hydrogen-bond acceptors (Lipinski definition) is 4. The maximum Gasteiger partial charge on any atom is 0.410 e. The van der Waals surface area contributed by atoms with Crippen LogP contribution in [0.1, 0.15) is 51.2 Å². The number of carbonyl (C=O) groups excluding carboxylic acids is 1. The molecular formula is C25H32BrNO4. The number of carbonyl (C=O) groups is 1. The Balaban J connectivity index is 1.44. The number of piperidine rings is 1. The van der Waals surface area contributed by atoms with Gasteiger partial charge in [0.15, 0.2) is 0 Å². The van der Waals surface area contributed by atoms with Crippen LogP contribution in [0.25, 0.3) is 0 Å². The van der Waals surface area contributed by atoms with Crippen LogP contribution in [-0.4, -0.2) is 34.8 Å². The summed E-state index contributed by atoms with van der Waals surface area (Å²) in [5.41, 5.74) is 1.69. The fraction of sp³-hybridized carbons (Fsp3) is 0.480. The summed E-state index contributed by atoms with van der Waals surface area (Å²) < 4.78 is 12.2. The van der Waals surface area contributed by atoms with Gasteiger partial charge in [0.05, 0.1) is 11.1 Å². The van der Waals surface area contributed by atoms with Crippen molar-refractivity contribution < 1.29 is 19.4 Å². The van der Waals surface area contributed by atoms with Gasteiger partial charge in [0.25, 0.3) is 0 Å². The van der Waals surface area contributed by atoms with Crippen LogP contribution >= 0.6 is 15.9 Å². The zero-order chi connectivity index (χ0) is 22.4. The molecule has 2 aromatic rings. The molecular weight excluding hydrogens is 458 g/mol. The van der Waals surface area contributed by atoms with Gasteiger partial charge in [-0.3, -0.25) is 0 Å². The molecule has 1 amide bonds. The van der Waals surface area contributed by atoms with Gasteiger partial charge in [-0.1, -0.05) is 18.2 Å². The first-order valence-electron chi connectivity index (χ1n) is 10.9. The highest BCUT2D eigenvalue weighted by atomic mass is 79.9. The topological polar surface area (TPSA) is 59.0 Å². The number of likely N-dealkylation sites (tertiary alicyclic amines) is 1. The summed E-state index contributed by atoms with van der Waals surface area (Å²) in [6, 6.07) is 13.8. The molecule has 1 aliphatic rings. The molecule has 0 spiro atoms. The van der Waals surface area contributed by atoms with Crippen molar-refractivity contribution in [1.82, 2.24) is 4.90 Å². The molecule has 2 aromatic carbocycles. The Morgan fingerprint density at radius 2 is 1.74 bits per heavy atom. The summed E-state index contributed by atoms with van der Waals surface area (Å²) in [7, 11) is 0. The summed E-state index contributed by atoms with van der Waals surface area (Å²) in [4.78, 5) is 14.0. The number of amides is 1. The molecule has 0 bridgehead atoms. The van der Waals surface area contributed by atoms with Crippen molar-refractivity contribution in [2.75, 3.05) is 13.1 Å². The van der Waals surface area contributed by atoms with Gasteiger partial charge in [0.2, 0.25) is 0 Å². The van der Waals surface area contributed by atoms with E-state index >= 15 is 0 Å². The van der Waals surface area contributed by atoms with Crippen molar-refractivity contribution in [3.8, 4) is 11.5 Å². The Morgan fingerprint density at radius 1 is 1.10 bits per heavy atom. The van der Waals surface area contributed by atoms with Gasteiger partial charge in [-0.05, 0) is 104 Å². The average Bonchev–Trinajstić information content (AvgIpc) is 2.74. The smallest absolute Gasteiger partial charge is 0.410 e. The highest BCUT2D eigenvalue weighted by Gasteiger charge is 2.26. The van der Waals surface area contributed by atoms with E-state index in [1.54, 1.807) is 0 Å². The van der Waals surface area contributed by atoms with Crippen LogP contribution in [0, 0.1) is 5.92 Å². The molecule has 1 saturated heterocycles. The van der Waals surface area contributed by atoms with E-state index in [2.05, 4.69) is 28.1 Å². The highest BCUT2D eigenvalue weighted by molar-refractivity contribution is 9.10. The first kappa shape index (κ1) is 23.6. The Kier molecular flexibility index (Phi) is 8.00. The second kappa shape index (κ2) is 10.5. The summed E-state index contributed by atoms with van der Waals surface area (Å²) >= 11 is 3.49. The quantitative estimate of drug-likeness (QED) is 0.515. The first-order chi connectivity index (χ1) is 14.7. The van der Waals surface area contributed by atoms with E-state index in [0.29, 0.717) is 5.92 Å². The summed E-state index contributed by atoms with van der Waals surface area (Å²) in [6.07, 6.45) is 4.00. The van der Waals surface area contributed by atoms with Gasteiger partial charge >= 0.3 is 6.09 Å². The van der Waals surface area contributed by atoms with E-state index in [0.717, 1.165) is 60.3 Å². The van der Waals surface area contributed by atoms with Gasteiger partial charge in [-0.25, -0.2) is 4.79 Å². The van der Waals surface area contributed by atoms with Crippen LogP contribution in [0.15, 0.2) is 46.9 Å². The number of benzene rings is 2. The van der Waals surface area contributed by atoms with Crippen LogP contribution in [0.2, 0.25) is 0 Å². The van der Waals surface area contributed by atoms with E-state index in [1.807, 2.05) is 56.0 Å². The molecule has 0 aromatic heterocycles. The Labute approximate surface area is 193 Å². The third-order valence-electron chi connectivity index (χ3n) is 5.44.